The highest BCUT2D eigenvalue weighted by Crippen LogP contribution is 2.16. The second kappa shape index (κ2) is 5.17. The van der Waals surface area contributed by atoms with Gasteiger partial charge in [0.2, 0.25) is 0 Å². The van der Waals surface area contributed by atoms with Gasteiger partial charge in [-0.1, -0.05) is 12.2 Å². The maximum absolute atomic E-state index is 5.57. The van der Waals surface area contributed by atoms with Crippen molar-refractivity contribution in [1.29, 1.82) is 0 Å². The van der Waals surface area contributed by atoms with Crippen LogP contribution in [0.25, 0.3) is 0 Å². The highest BCUT2D eigenvalue weighted by atomic mass is 35.5. The summed E-state index contributed by atoms with van der Waals surface area (Å²) in [6.07, 6.45) is 3.25. The van der Waals surface area contributed by atoms with E-state index in [1.165, 1.54) is 6.33 Å². The zero-order valence-electron chi connectivity index (χ0n) is 6.53. The zero-order chi connectivity index (χ0) is 8.81. The first-order chi connectivity index (χ1) is 5.83. The van der Waals surface area contributed by atoms with E-state index < -0.39 is 0 Å². The maximum atomic E-state index is 5.57. The maximum Gasteiger partial charge on any atom is 0.116 e. The summed E-state index contributed by atoms with van der Waals surface area (Å²) in [5.41, 5.74) is 1.01. The van der Waals surface area contributed by atoms with Crippen molar-refractivity contribution in [2.75, 3.05) is 11.6 Å². The molecule has 64 valence electrons. The first-order valence-corrected chi connectivity index (χ1v) is 4.96. The number of hydrogen-bond donors (Lipinski definition) is 0. The van der Waals surface area contributed by atoms with E-state index in [4.69, 9.17) is 11.6 Å². The van der Waals surface area contributed by atoms with E-state index >= 15 is 0 Å². The predicted molar refractivity (Wildman–Crippen MR) is 52.6 cm³/mol. The molecular weight excluding hydrogens is 192 g/mol. The minimum absolute atomic E-state index is 0.512. The Labute approximate surface area is 81.1 Å². The molecule has 1 aromatic heterocycles. The number of aromatic nitrogens is 2. The zero-order valence-corrected chi connectivity index (χ0v) is 8.11. The standard InChI is InChI=1S/C8H9ClN2S/c1-7(4-9)5-12-8-2-3-10-6-11-8/h2-3,6H,1,4-5H2. The number of nitrogens with zero attached hydrogens (tertiary/aromatic N) is 2. The van der Waals surface area contributed by atoms with Crippen molar-refractivity contribution in [2.24, 2.45) is 0 Å². The van der Waals surface area contributed by atoms with Crippen LogP contribution < -0.4 is 0 Å². The van der Waals surface area contributed by atoms with E-state index in [0.29, 0.717) is 5.88 Å². The Hall–Kier alpha value is -0.540. The number of rotatable bonds is 4. The molecule has 0 radical (unpaired) electrons. The quantitative estimate of drug-likeness (QED) is 0.323. The summed E-state index contributed by atoms with van der Waals surface area (Å²) >= 11 is 7.19. The van der Waals surface area contributed by atoms with Gasteiger partial charge >= 0.3 is 0 Å². The highest BCUT2D eigenvalue weighted by Gasteiger charge is 1.95. The van der Waals surface area contributed by atoms with Crippen molar-refractivity contribution in [3.05, 3.63) is 30.7 Å². The lowest BCUT2D eigenvalue weighted by molar-refractivity contribution is 1.05. The molecular formula is C8H9ClN2S. The van der Waals surface area contributed by atoms with Crippen LogP contribution in [-0.2, 0) is 0 Å². The van der Waals surface area contributed by atoms with Gasteiger partial charge in [-0.3, -0.25) is 0 Å². The fourth-order valence-corrected chi connectivity index (χ4v) is 1.52. The van der Waals surface area contributed by atoms with Crippen molar-refractivity contribution in [2.45, 2.75) is 5.03 Å². The molecule has 1 aromatic rings. The second-order valence-electron chi connectivity index (χ2n) is 2.22. The van der Waals surface area contributed by atoms with E-state index in [1.807, 2.05) is 6.07 Å². The molecule has 12 heavy (non-hydrogen) atoms. The molecule has 0 fully saturated rings. The molecule has 0 atom stereocenters. The molecule has 1 heterocycles. The Morgan fingerprint density at radius 3 is 3.08 bits per heavy atom. The minimum atomic E-state index is 0.512. The Kier molecular flexibility index (Phi) is 4.11. The van der Waals surface area contributed by atoms with E-state index in [-0.39, 0.29) is 0 Å². The van der Waals surface area contributed by atoms with Crippen molar-refractivity contribution >= 4 is 23.4 Å². The van der Waals surface area contributed by atoms with Gasteiger partial charge in [-0.15, -0.1) is 23.4 Å². The molecule has 0 aliphatic carbocycles. The van der Waals surface area contributed by atoms with E-state index in [1.54, 1.807) is 18.0 Å². The fourth-order valence-electron chi connectivity index (χ4n) is 0.579. The lowest BCUT2D eigenvalue weighted by Gasteiger charge is -1.99. The van der Waals surface area contributed by atoms with Crippen LogP contribution in [0.1, 0.15) is 0 Å². The number of hydrogen-bond acceptors (Lipinski definition) is 3. The monoisotopic (exact) mass is 200 g/mol. The van der Waals surface area contributed by atoms with Gasteiger partial charge in [-0.2, -0.15) is 0 Å². The Morgan fingerprint density at radius 1 is 1.67 bits per heavy atom. The van der Waals surface area contributed by atoms with Crippen molar-refractivity contribution < 1.29 is 0 Å². The molecule has 0 bridgehead atoms. The van der Waals surface area contributed by atoms with Gasteiger partial charge in [-0.05, 0) is 6.07 Å². The molecule has 0 aromatic carbocycles. The summed E-state index contributed by atoms with van der Waals surface area (Å²) in [6, 6.07) is 1.87. The molecule has 4 heteroatoms. The molecule has 0 amide bonds. The van der Waals surface area contributed by atoms with Crippen LogP contribution in [0.15, 0.2) is 35.8 Å². The topological polar surface area (TPSA) is 25.8 Å². The molecule has 0 saturated heterocycles. The van der Waals surface area contributed by atoms with E-state index in [9.17, 15) is 0 Å². The molecule has 0 aliphatic heterocycles. The molecule has 0 N–H and O–H groups in total. The van der Waals surface area contributed by atoms with Crippen LogP contribution in [0.4, 0.5) is 0 Å². The summed E-state index contributed by atoms with van der Waals surface area (Å²) in [6.45, 7) is 3.79. The Morgan fingerprint density at radius 2 is 2.50 bits per heavy atom. The van der Waals surface area contributed by atoms with Crippen molar-refractivity contribution in [1.82, 2.24) is 9.97 Å². The normalized spacial score (nSPS) is 9.75. The van der Waals surface area contributed by atoms with Gasteiger partial charge in [0.1, 0.15) is 6.33 Å². The third-order valence-electron chi connectivity index (χ3n) is 1.17. The van der Waals surface area contributed by atoms with Crippen LogP contribution >= 0.6 is 23.4 Å². The second-order valence-corrected chi connectivity index (χ2v) is 3.48. The predicted octanol–water partition coefficient (Wildman–Crippen LogP) is 2.36. The van der Waals surface area contributed by atoms with Crippen LogP contribution in [0, 0.1) is 0 Å². The average Bonchev–Trinajstić information content (AvgIpc) is 2.16. The largest absolute Gasteiger partial charge is 0.245 e. The van der Waals surface area contributed by atoms with E-state index in [2.05, 4.69) is 16.5 Å². The SMILES string of the molecule is C=C(CCl)CSc1ccncn1. The minimum Gasteiger partial charge on any atom is -0.245 e. The van der Waals surface area contributed by atoms with Crippen molar-refractivity contribution in [3.63, 3.8) is 0 Å². The van der Waals surface area contributed by atoms with Crippen LogP contribution in [0.3, 0.4) is 0 Å². The van der Waals surface area contributed by atoms with Gasteiger partial charge in [-0.25, -0.2) is 9.97 Å². The first-order valence-electron chi connectivity index (χ1n) is 3.44. The van der Waals surface area contributed by atoms with Gasteiger partial charge in [0.15, 0.2) is 0 Å². The van der Waals surface area contributed by atoms with Crippen LogP contribution in [0.2, 0.25) is 0 Å². The number of halogens is 1. The summed E-state index contributed by atoms with van der Waals surface area (Å²) < 4.78 is 0. The van der Waals surface area contributed by atoms with Gasteiger partial charge in [0, 0.05) is 17.8 Å². The summed E-state index contributed by atoms with van der Waals surface area (Å²) in [7, 11) is 0. The lowest BCUT2D eigenvalue weighted by Crippen LogP contribution is -1.88. The van der Waals surface area contributed by atoms with Gasteiger partial charge in [0.05, 0.1) is 5.03 Å². The summed E-state index contributed by atoms with van der Waals surface area (Å²) in [5, 5.41) is 0.955. The lowest BCUT2D eigenvalue weighted by atomic mass is 10.4. The third kappa shape index (κ3) is 3.24. The summed E-state index contributed by atoms with van der Waals surface area (Å²) in [5.74, 6) is 1.33. The van der Waals surface area contributed by atoms with Crippen molar-refractivity contribution in [3.8, 4) is 0 Å². The highest BCUT2D eigenvalue weighted by molar-refractivity contribution is 7.99. The van der Waals surface area contributed by atoms with Gasteiger partial charge in [0.25, 0.3) is 0 Å². The molecule has 0 spiro atoms. The molecule has 2 nitrogen and oxygen atoms in total. The van der Waals surface area contributed by atoms with Gasteiger partial charge < -0.3 is 0 Å². The average molecular weight is 201 g/mol. The molecule has 0 aliphatic rings. The number of alkyl halides is 1. The third-order valence-corrected chi connectivity index (χ3v) is 2.64. The van der Waals surface area contributed by atoms with E-state index in [0.717, 1.165) is 16.4 Å². The Bertz CT molecular complexity index is 250. The summed E-state index contributed by atoms with van der Waals surface area (Å²) in [4.78, 5) is 7.87. The van der Waals surface area contributed by atoms with Crippen LogP contribution in [-0.4, -0.2) is 21.6 Å². The molecule has 0 saturated carbocycles. The molecule has 0 unspecified atom stereocenters. The molecule has 1 rings (SSSR count). The fraction of sp³-hybridized carbons (Fsp3) is 0.250. The first kappa shape index (κ1) is 9.55. The Balaban J connectivity index is 2.38. The smallest absolute Gasteiger partial charge is 0.116 e. The number of thioether (sulfide) groups is 1. The van der Waals surface area contributed by atoms with Crippen LogP contribution in [0.5, 0.6) is 0 Å².